The summed E-state index contributed by atoms with van der Waals surface area (Å²) >= 11 is 0. The van der Waals surface area contributed by atoms with Crippen molar-refractivity contribution >= 4 is 5.65 Å². The number of hydrogen-bond donors (Lipinski definition) is 1. The third kappa shape index (κ3) is 2.30. The van der Waals surface area contributed by atoms with Crippen molar-refractivity contribution in [3.8, 4) is 22.5 Å². The second-order valence-electron chi connectivity index (χ2n) is 5.28. The summed E-state index contributed by atoms with van der Waals surface area (Å²) in [7, 11) is 0. The van der Waals surface area contributed by atoms with Gasteiger partial charge in [0.25, 0.3) is 5.56 Å². The molecular formula is C17H13N5O. The van der Waals surface area contributed by atoms with E-state index < -0.39 is 0 Å². The second-order valence-corrected chi connectivity index (χ2v) is 5.28. The van der Waals surface area contributed by atoms with Crippen molar-refractivity contribution in [1.82, 2.24) is 24.6 Å². The Bertz CT molecular complexity index is 1030. The van der Waals surface area contributed by atoms with Crippen LogP contribution in [0, 0.1) is 6.92 Å². The fourth-order valence-corrected chi connectivity index (χ4v) is 2.49. The first-order valence-corrected chi connectivity index (χ1v) is 7.17. The molecule has 112 valence electrons. The van der Waals surface area contributed by atoms with E-state index in [0.29, 0.717) is 17.0 Å². The van der Waals surface area contributed by atoms with Gasteiger partial charge < -0.3 is 0 Å². The van der Waals surface area contributed by atoms with Crippen LogP contribution in [0.4, 0.5) is 0 Å². The number of benzene rings is 1. The Morgan fingerprint density at radius 1 is 1.09 bits per heavy atom. The zero-order chi connectivity index (χ0) is 15.8. The molecule has 0 aliphatic heterocycles. The summed E-state index contributed by atoms with van der Waals surface area (Å²) in [4.78, 5) is 25.2. The number of nitrogens with zero attached hydrogens (tertiary/aromatic N) is 4. The normalized spacial score (nSPS) is 11.0. The molecule has 0 unspecified atom stereocenters. The van der Waals surface area contributed by atoms with E-state index in [0.717, 1.165) is 11.1 Å². The van der Waals surface area contributed by atoms with Gasteiger partial charge in [-0.15, -0.1) is 0 Å². The van der Waals surface area contributed by atoms with Gasteiger partial charge in [0.2, 0.25) is 0 Å². The van der Waals surface area contributed by atoms with Gasteiger partial charge in [0, 0.05) is 30.2 Å². The lowest BCUT2D eigenvalue weighted by Crippen LogP contribution is -2.14. The second kappa shape index (κ2) is 5.17. The lowest BCUT2D eigenvalue weighted by atomic mass is 10.1. The van der Waals surface area contributed by atoms with E-state index in [1.165, 1.54) is 16.1 Å². The van der Waals surface area contributed by atoms with Crippen molar-refractivity contribution in [2.45, 2.75) is 6.92 Å². The van der Waals surface area contributed by atoms with Crippen molar-refractivity contribution < 1.29 is 0 Å². The lowest BCUT2D eigenvalue weighted by Gasteiger charge is -2.02. The Morgan fingerprint density at radius 3 is 2.65 bits per heavy atom. The summed E-state index contributed by atoms with van der Waals surface area (Å²) in [5, 5.41) is 2.95. The Hall–Kier alpha value is -3.28. The summed E-state index contributed by atoms with van der Waals surface area (Å²) in [5.74, 6) is 0. The van der Waals surface area contributed by atoms with Gasteiger partial charge in [-0.2, -0.15) is 0 Å². The smallest absolute Gasteiger partial charge is 0.273 e. The number of nitrogens with one attached hydrogen (secondary N) is 1. The predicted octanol–water partition coefficient (Wildman–Crippen LogP) is 2.46. The van der Waals surface area contributed by atoms with Crippen LogP contribution < -0.4 is 5.56 Å². The first-order chi connectivity index (χ1) is 11.2. The van der Waals surface area contributed by atoms with Gasteiger partial charge in [0.05, 0.1) is 11.9 Å². The minimum Gasteiger partial charge on any atom is -0.296 e. The van der Waals surface area contributed by atoms with E-state index in [2.05, 4.69) is 20.1 Å². The third-order valence-electron chi connectivity index (χ3n) is 3.69. The fourth-order valence-electron chi connectivity index (χ4n) is 2.49. The molecule has 3 aromatic heterocycles. The maximum absolute atomic E-state index is 12.3. The number of hydrogen-bond acceptors (Lipinski definition) is 4. The van der Waals surface area contributed by atoms with Crippen LogP contribution in [0.3, 0.4) is 0 Å². The summed E-state index contributed by atoms with van der Waals surface area (Å²) in [6.45, 7) is 2.04. The molecule has 1 aromatic carbocycles. The number of aromatic amines is 1. The summed E-state index contributed by atoms with van der Waals surface area (Å²) in [5.41, 5.74) is 4.51. The molecule has 3 heterocycles. The monoisotopic (exact) mass is 303 g/mol. The number of rotatable bonds is 2. The topological polar surface area (TPSA) is 75.9 Å². The maximum Gasteiger partial charge on any atom is 0.273 e. The minimum atomic E-state index is -0.186. The largest absolute Gasteiger partial charge is 0.296 e. The van der Waals surface area contributed by atoms with Crippen LogP contribution in [0.15, 0.2) is 59.9 Å². The molecule has 6 heteroatoms. The Balaban J connectivity index is 1.96. The van der Waals surface area contributed by atoms with E-state index in [9.17, 15) is 4.79 Å². The SMILES string of the molecule is Cc1ccc(-c2c[nH]n3c(=O)cc(-c4cnccn4)nc23)cc1. The molecule has 0 spiro atoms. The Morgan fingerprint density at radius 2 is 1.91 bits per heavy atom. The summed E-state index contributed by atoms with van der Waals surface area (Å²) in [6, 6.07) is 9.54. The quantitative estimate of drug-likeness (QED) is 0.617. The van der Waals surface area contributed by atoms with Gasteiger partial charge in [0.1, 0.15) is 5.69 Å². The van der Waals surface area contributed by atoms with Crippen molar-refractivity contribution in [1.29, 1.82) is 0 Å². The molecule has 0 aliphatic carbocycles. The number of aromatic nitrogens is 5. The first-order valence-electron chi connectivity index (χ1n) is 7.17. The number of fused-ring (bicyclic) bond motifs is 1. The highest BCUT2D eigenvalue weighted by Crippen LogP contribution is 2.24. The maximum atomic E-state index is 12.3. The lowest BCUT2D eigenvalue weighted by molar-refractivity contribution is 0.899. The van der Waals surface area contributed by atoms with E-state index >= 15 is 0 Å². The predicted molar refractivity (Wildman–Crippen MR) is 87.0 cm³/mol. The average Bonchev–Trinajstić information content (AvgIpc) is 3.01. The van der Waals surface area contributed by atoms with Gasteiger partial charge >= 0.3 is 0 Å². The van der Waals surface area contributed by atoms with Crippen molar-refractivity contribution in [2.24, 2.45) is 0 Å². The van der Waals surface area contributed by atoms with E-state index in [-0.39, 0.29) is 5.56 Å². The third-order valence-corrected chi connectivity index (χ3v) is 3.69. The molecule has 0 atom stereocenters. The molecule has 23 heavy (non-hydrogen) atoms. The van der Waals surface area contributed by atoms with Crippen LogP contribution in [0.2, 0.25) is 0 Å². The van der Waals surface area contributed by atoms with Gasteiger partial charge in [0.15, 0.2) is 5.65 Å². The molecule has 0 fully saturated rings. The van der Waals surface area contributed by atoms with Crippen LogP contribution in [0.25, 0.3) is 28.2 Å². The number of aryl methyl sites for hydroxylation is 1. The average molecular weight is 303 g/mol. The molecule has 0 radical (unpaired) electrons. The molecule has 4 rings (SSSR count). The minimum absolute atomic E-state index is 0.186. The standard InChI is InChI=1S/C17H13N5O/c1-11-2-4-12(5-3-11)13-9-20-22-16(23)8-14(21-17(13)22)15-10-18-6-7-19-15/h2-10,20H,1H3. The van der Waals surface area contributed by atoms with Gasteiger partial charge in [-0.1, -0.05) is 29.8 Å². The van der Waals surface area contributed by atoms with Crippen molar-refractivity contribution in [3.63, 3.8) is 0 Å². The van der Waals surface area contributed by atoms with Gasteiger partial charge in [-0.25, -0.2) is 9.50 Å². The van der Waals surface area contributed by atoms with Crippen LogP contribution in [0.5, 0.6) is 0 Å². The zero-order valence-corrected chi connectivity index (χ0v) is 12.4. The fraction of sp³-hybridized carbons (Fsp3) is 0.0588. The van der Waals surface area contributed by atoms with Gasteiger partial charge in [-0.3, -0.25) is 19.9 Å². The van der Waals surface area contributed by atoms with Crippen LogP contribution in [0.1, 0.15) is 5.56 Å². The van der Waals surface area contributed by atoms with E-state index in [4.69, 9.17) is 0 Å². The zero-order valence-electron chi connectivity index (χ0n) is 12.4. The summed E-state index contributed by atoms with van der Waals surface area (Å²) < 4.78 is 1.43. The molecule has 0 amide bonds. The highest BCUT2D eigenvalue weighted by atomic mass is 16.1. The molecule has 4 aromatic rings. The highest BCUT2D eigenvalue weighted by molar-refractivity contribution is 5.78. The first kappa shape index (κ1) is 13.4. The van der Waals surface area contributed by atoms with E-state index in [1.807, 2.05) is 31.2 Å². The molecule has 0 aliphatic rings. The molecule has 0 saturated heterocycles. The molecular weight excluding hydrogens is 290 g/mol. The van der Waals surface area contributed by atoms with Gasteiger partial charge in [-0.05, 0) is 12.5 Å². The summed E-state index contributed by atoms with van der Waals surface area (Å²) in [6.07, 6.45) is 6.55. The Kier molecular flexibility index (Phi) is 3.01. The molecule has 0 saturated carbocycles. The highest BCUT2D eigenvalue weighted by Gasteiger charge is 2.12. The van der Waals surface area contributed by atoms with Crippen molar-refractivity contribution in [2.75, 3.05) is 0 Å². The van der Waals surface area contributed by atoms with E-state index in [1.54, 1.807) is 24.8 Å². The van der Waals surface area contributed by atoms with Crippen LogP contribution in [-0.2, 0) is 0 Å². The van der Waals surface area contributed by atoms with Crippen molar-refractivity contribution in [3.05, 3.63) is 71.0 Å². The van der Waals surface area contributed by atoms with Crippen LogP contribution in [-0.4, -0.2) is 24.6 Å². The molecule has 0 bridgehead atoms. The number of H-pyrrole nitrogens is 1. The molecule has 6 nitrogen and oxygen atoms in total. The van der Waals surface area contributed by atoms with Crippen LogP contribution >= 0.6 is 0 Å². The Labute approximate surface area is 131 Å². The molecule has 1 N–H and O–H groups in total.